The molecule has 2 rings (SSSR count). The van der Waals surface area contributed by atoms with E-state index >= 15 is 0 Å². The molecule has 2 nitrogen and oxygen atoms in total. The largest absolute Gasteiger partial charge is 0.311 e. The number of nitrogens with one attached hydrogen (secondary N) is 1. The molecule has 1 fully saturated rings. The molecule has 2 unspecified atom stereocenters. The normalized spacial score (nSPS) is 26.1. The number of hydrogen-bond donors (Lipinski definition) is 1. The molecule has 0 amide bonds. The van der Waals surface area contributed by atoms with Crippen LogP contribution in [0.4, 0.5) is 4.39 Å². The number of halogens is 2. The molecule has 0 radical (unpaired) electrons. The van der Waals surface area contributed by atoms with Crippen molar-refractivity contribution in [2.24, 2.45) is 0 Å². The monoisotopic (exact) mass is 256 g/mol. The zero-order valence-corrected chi connectivity index (χ0v) is 11.0. The maximum absolute atomic E-state index is 13.7. The van der Waals surface area contributed by atoms with E-state index in [0.29, 0.717) is 29.2 Å². The van der Waals surface area contributed by atoms with Crippen LogP contribution in [0.15, 0.2) is 18.2 Å². The van der Waals surface area contributed by atoms with Gasteiger partial charge in [0.25, 0.3) is 0 Å². The van der Waals surface area contributed by atoms with Crippen molar-refractivity contribution in [2.75, 3.05) is 13.1 Å². The minimum absolute atomic E-state index is 0.212. The Kier molecular flexibility index (Phi) is 4.02. The van der Waals surface area contributed by atoms with Gasteiger partial charge in [-0.05, 0) is 26.0 Å². The summed E-state index contributed by atoms with van der Waals surface area (Å²) < 4.78 is 13.7. The number of benzene rings is 1. The lowest BCUT2D eigenvalue weighted by Gasteiger charge is -2.38. The highest BCUT2D eigenvalue weighted by atomic mass is 35.5. The van der Waals surface area contributed by atoms with Crippen molar-refractivity contribution in [1.82, 2.24) is 10.2 Å². The highest BCUT2D eigenvalue weighted by Gasteiger charge is 2.25. The third-order valence-electron chi connectivity index (χ3n) is 3.59. The summed E-state index contributed by atoms with van der Waals surface area (Å²) in [4.78, 5) is 2.27. The Balaban J connectivity index is 2.15. The molecule has 0 saturated carbocycles. The average molecular weight is 257 g/mol. The molecule has 1 saturated heterocycles. The van der Waals surface area contributed by atoms with Crippen LogP contribution in [0.2, 0.25) is 5.02 Å². The van der Waals surface area contributed by atoms with Crippen LogP contribution in [0.5, 0.6) is 0 Å². The zero-order valence-electron chi connectivity index (χ0n) is 10.2. The fraction of sp³-hybridized carbons (Fsp3) is 0.538. The molecule has 94 valence electrons. The molecule has 1 heterocycles. The van der Waals surface area contributed by atoms with E-state index in [0.717, 1.165) is 13.1 Å². The molecule has 0 aromatic heterocycles. The molecule has 0 spiro atoms. The van der Waals surface area contributed by atoms with Gasteiger partial charge in [0.15, 0.2) is 0 Å². The Morgan fingerprint density at radius 2 is 2.24 bits per heavy atom. The van der Waals surface area contributed by atoms with E-state index < -0.39 is 0 Å². The molecule has 1 aromatic carbocycles. The highest BCUT2D eigenvalue weighted by Crippen LogP contribution is 2.22. The Hall–Kier alpha value is -0.640. The minimum Gasteiger partial charge on any atom is -0.311 e. The van der Waals surface area contributed by atoms with Crippen LogP contribution in [0.25, 0.3) is 0 Å². The molecule has 1 N–H and O–H groups in total. The van der Waals surface area contributed by atoms with Crippen molar-refractivity contribution in [3.05, 3.63) is 34.6 Å². The lowest BCUT2D eigenvalue weighted by atomic mass is 10.1. The first kappa shape index (κ1) is 12.8. The molecule has 1 aliphatic heterocycles. The second kappa shape index (κ2) is 5.34. The van der Waals surface area contributed by atoms with Crippen LogP contribution in [0, 0.1) is 5.82 Å². The van der Waals surface area contributed by atoms with Crippen molar-refractivity contribution >= 4 is 11.6 Å². The summed E-state index contributed by atoms with van der Waals surface area (Å²) in [6, 6.07) is 5.67. The van der Waals surface area contributed by atoms with Crippen molar-refractivity contribution < 1.29 is 4.39 Å². The Morgan fingerprint density at radius 1 is 1.47 bits per heavy atom. The Labute approximate surface area is 107 Å². The number of rotatable bonds is 2. The zero-order chi connectivity index (χ0) is 12.4. The number of piperazine rings is 1. The molecule has 1 aliphatic rings. The summed E-state index contributed by atoms with van der Waals surface area (Å²) in [5, 5.41) is 3.93. The van der Waals surface area contributed by atoms with E-state index in [4.69, 9.17) is 11.6 Å². The lowest BCUT2D eigenvalue weighted by molar-refractivity contribution is 0.129. The molecule has 0 aliphatic carbocycles. The van der Waals surface area contributed by atoms with Gasteiger partial charge >= 0.3 is 0 Å². The second-order valence-electron chi connectivity index (χ2n) is 4.65. The van der Waals surface area contributed by atoms with E-state index in [9.17, 15) is 4.39 Å². The van der Waals surface area contributed by atoms with Gasteiger partial charge < -0.3 is 5.32 Å². The van der Waals surface area contributed by atoms with Crippen molar-refractivity contribution in [3.8, 4) is 0 Å². The maximum Gasteiger partial charge on any atom is 0.129 e. The first-order valence-electron chi connectivity index (χ1n) is 6.00. The van der Waals surface area contributed by atoms with Gasteiger partial charge in [0.05, 0.1) is 0 Å². The molecular formula is C13H18ClFN2. The minimum atomic E-state index is -0.212. The summed E-state index contributed by atoms with van der Waals surface area (Å²) in [6.07, 6.45) is 0. The van der Waals surface area contributed by atoms with Crippen LogP contribution in [-0.2, 0) is 6.54 Å². The van der Waals surface area contributed by atoms with Gasteiger partial charge in [-0.1, -0.05) is 17.7 Å². The van der Waals surface area contributed by atoms with Gasteiger partial charge in [0.1, 0.15) is 5.82 Å². The van der Waals surface area contributed by atoms with Crippen molar-refractivity contribution in [1.29, 1.82) is 0 Å². The van der Waals surface area contributed by atoms with Gasteiger partial charge in [-0.3, -0.25) is 4.90 Å². The van der Waals surface area contributed by atoms with E-state index in [1.165, 1.54) is 6.07 Å². The third kappa shape index (κ3) is 2.79. The summed E-state index contributed by atoms with van der Waals surface area (Å²) in [7, 11) is 0. The van der Waals surface area contributed by atoms with Gasteiger partial charge in [0, 0.05) is 42.3 Å². The van der Waals surface area contributed by atoms with E-state index in [2.05, 4.69) is 24.1 Å². The van der Waals surface area contributed by atoms with Gasteiger partial charge in [-0.15, -0.1) is 0 Å². The van der Waals surface area contributed by atoms with Crippen LogP contribution < -0.4 is 5.32 Å². The molecule has 1 aromatic rings. The smallest absolute Gasteiger partial charge is 0.129 e. The van der Waals surface area contributed by atoms with Crippen LogP contribution in [-0.4, -0.2) is 30.1 Å². The van der Waals surface area contributed by atoms with Crippen LogP contribution in [0.1, 0.15) is 19.4 Å². The van der Waals surface area contributed by atoms with Crippen molar-refractivity contribution in [3.63, 3.8) is 0 Å². The van der Waals surface area contributed by atoms with Gasteiger partial charge in [-0.25, -0.2) is 4.39 Å². The molecule has 0 bridgehead atoms. The number of hydrogen-bond acceptors (Lipinski definition) is 2. The second-order valence-corrected chi connectivity index (χ2v) is 5.06. The SMILES string of the molecule is CC1NCCN(Cc2c(F)cccc2Cl)C1C. The van der Waals surface area contributed by atoms with Crippen LogP contribution in [0.3, 0.4) is 0 Å². The van der Waals surface area contributed by atoms with Crippen LogP contribution >= 0.6 is 11.6 Å². The topological polar surface area (TPSA) is 15.3 Å². The molecular weight excluding hydrogens is 239 g/mol. The van der Waals surface area contributed by atoms with Gasteiger partial charge in [-0.2, -0.15) is 0 Å². The molecule has 2 atom stereocenters. The maximum atomic E-state index is 13.7. The van der Waals surface area contributed by atoms with Gasteiger partial charge in [0.2, 0.25) is 0 Å². The quantitative estimate of drug-likeness (QED) is 0.875. The molecule has 17 heavy (non-hydrogen) atoms. The highest BCUT2D eigenvalue weighted by molar-refractivity contribution is 6.31. The lowest BCUT2D eigenvalue weighted by Crippen LogP contribution is -2.54. The fourth-order valence-electron chi connectivity index (χ4n) is 2.24. The average Bonchev–Trinajstić information content (AvgIpc) is 2.29. The number of nitrogens with zero attached hydrogens (tertiary/aromatic N) is 1. The third-order valence-corrected chi connectivity index (χ3v) is 3.94. The fourth-order valence-corrected chi connectivity index (χ4v) is 2.46. The summed E-state index contributed by atoms with van der Waals surface area (Å²) >= 11 is 6.05. The summed E-state index contributed by atoms with van der Waals surface area (Å²) in [5.41, 5.74) is 0.607. The van der Waals surface area contributed by atoms with E-state index in [1.54, 1.807) is 12.1 Å². The van der Waals surface area contributed by atoms with Crippen molar-refractivity contribution in [2.45, 2.75) is 32.5 Å². The van der Waals surface area contributed by atoms with E-state index in [1.807, 2.05) is 0 Å². The summed E-state index contributed by atoms with van der Waals surface area (Å²) in [5.74, 6) is -0.212. The first-order valence-corrected chi connectivity index (χ1v) is 6.37. The predicted molar refractivity (Wildman–Crippen MR) is 68.7 cm³/mol. The predicted octanol–water partition coefficient (Wildman–Crippen LogP) is 2.66. The Bertz CT molecular complexity index is 377. The Morgan fingerprint density at radius 3 is 2.94 bits per heavy atom. The standard InChI is InChI=1S/C13H18ClFN2/c1-9-10(2)17(7-6-16-9)8-11-12(14)4-3-5-13(11)15/h3-5,9-10,16H,6-8H2,1-2H3. The van der Waals surface area contributed by atoms with E-state index in [-0.39, 0.29) is 5.82 Å². The summed E-state index contributed by atoms with van der Waals surface area (Å²) in [6.45, 7) is 6.76. The molecule has 4 heteroatoms. The first-order chi connectivity index (χ1) is 8.09.